The number of hydrogen-bond donors (Lipinski definition) is 0. The van der Waals surface area contributed by atoms with E-state index in [0.29, 0.717) is 19.6 Å². The second kappa shape index (κ2) is 4.37. The Morgan fingerprint density at radius 3 is 2.23 bits per heavy atom. The van der Waals surface area contributed by atoms with Crippen LogP contribution in [0, 0.1) is 0 Å². The monoisotopic (exact) mass is 184 g/mol. The van der Waals surface area contributed by atoms with E-state index in [1.54, 1.807) is 11.9 Å². The quantitative estimate of drug-likeness (QED) is 0.583. The van der Waals surface area contributed by atoms with Crippen LogP contribution in [0.4, 0.5) is 0 Å². The van der Waals surface area contributed by atoms with E-state index >= 15 is 0 Å². The predicted molar refractivity (Wildman–Crippen MR) is 49.1 cm³/mol. The van der Waals surface area contributed by atoms with Gasteiger partial charge in [-0.1, -0.05) is 13.3 Å². The number of unbranched alkanes of at least 4 members (excludes halogenated alkanes) is 1. The molecule has 0 bridgehead atoms. The summed E-state index contributed by atoms with van der Waals surface area (Å²) in [6.45, 7) is 3.37. The molecule has 4 nitrogen and oxygen atoms in total. The van der Waals surface area contributed by atoms with Gasteiger partial charge in [-0.15, -0.1) is 0 Å². The van der Waals surface area contributed by atoms with Crippen molar-refractivity contribution in [2.45, 2.75) is 19.8 Å². The summed E-state index contributed by atoms with van der Waals surface area (Å²) in [5.41, 5.74) is 0. The highest BCUT2D eigenvalue weighted by Gasteiger charge is 2.27. The van der Waals surface area contributed by atoms with Gasteiger partial charge in [0.2, 0.25) is 11.8 Å². The predicted octanol–water partition coefficient (Wildman–Crippen LogP) is 0.0871. The van der Waals surface area contributed by atoms with Crippen molar-refractivity contribution in [3.63, 3.8) is 0 Å². The molecule has 0 saturated carbocycles. The number of rotatable bonds is 3. The molecule has 0 atom stereocenters. The van der Waals surface area contributed by atoms with Crippen LogP contribution in [-0.4, -0.2) is 48.3 Å². The lowest BCUT2D eigenvalue weighted by atomic mass is 10.2. The van der Waals surface area contributed by atoms with Gasteiger partial charge in [-0.25, -0.2) is 0 Å². The Morgan fingerprint density at radius 1 is 1.23 bits per heavy atom. The van der Waals surface area contributed by atoms with E-state index in [1.165, 1.54) is 4.90 Å². The highest BCUT2D eigenvalue weighted by atomic mass is 16.2. The average molecular weight is 184 g/mol. The summed E-state index contributed by atoms with van der Waals surface area (Å²) in [4.78, 5) is 25.9. The van der Waals surface area contributed by atoms with Crippen LogP contribution >= 0.6 is 0 Å². The highest BCUT2D eigenvalue weighted by Crippen LogP contribution is 2.04. The van der Waals surface area contributed by atoms with Gasteiger partial charge in [-0.05, 0) is 13.5 Å². The van der Waals surface area contributed by atoms with Crippen molar-refractivity contribution in [2.75, 3.05) is 26.7 Å². The Labute approximate surface area is 78.5 Å². The Hall–Kier alpha value is -0.900. The molecule has 4 heteroatoms. The number of carbonyl (C=O) groups is 2. The molecule has 0 unspecified atom stereocenters. The molecule has 0 aromatic carbocycles. The van der Waals surface area contributed by atoms with E-state index in [2.05, 4.69) is 0 Å². The Balaban J connectivity index is 2.52. The number of hydrogen-bond acceptors (Lipinski definition) is 3. The minimum atomic E-state index is -0.0628. The van der Waals surface area contributed by atoms with Gasteiger partial charge in [0.05, 0.1) is 13.1 Å². The van der Waals surface area contributed by atoms with E-state index in [4.69, 9.17) is 0 Å². The first-order valence-corrected chi connectivity index (χ1v) is 4.67. The standard InChI is InChI=1S/C9H16N2O2/c1-3-4-5-11-8(12)6-10(2)7-9(11)13/h3-7H2,1-2H3. The number of imide groups is 1. The lowest BCUT2D eigenvalue weighted by Gasteiger charge is -2.30. The van der Waals surface area contributed by atoms with Gasteiger partial charge in [0.15, 0.2) is 0 Å². The first kappa shape index (κ1) is 10.2. The average Bonchev–Trinajstić information content (AvgIpc) is 2.02. The maximum absolute atomic E-state index is 11.4. The van der Waals surface area contributed by atoms with Gasteiger partial charge < -0.3 is 0 Å². The fourth-order valence-electron chi connectivity index (χ4n) is 1.39. The molecule has 1 rings (SSSR count). The lowest BCUT2D eigenvalue weighted by Crippen LogP contribution is -2.52. The lowest BCUT2D eigenvalue weighted by molar-refractivity contribution is -0.150. The van der Waals surface area contributed by atoms with Crippen LogP contribution in [0.15, 0.2) is 0 Å². The first-order valence-electron chi connectivity index (χ1n) is 4.67. The van der Waals surface area contributed by atoms with Crippen molar-refractivity contribution in [1.82, 2.24) is 9.80 Å². The van der Waals surface area contributed by atoms with Crippen molar-refractivity contribution in [3.8, 4) is 0 Å². The Morgan fingerprint density at radius 2 is 1.77 bits per heavy atom. The van der Waals surface area contributed by atoms with Gasteiger partial charge >= 0.3 is 0 Å². The van der Waals surface area contributed by atoms with Crippen molar-refractivity contribution >= 4 is 11.8 Å². The maximum atomic E-state index is 11.4. The van der Waals surface area contributed by atoms with E-state index in [9.17, 15) is 9.59 Å². The summed E-state index contributed by atoms with van der Waals surface area (Å²) in [6.07, 6.45) is 1.91. The summed E-state index contributed by atoms with van der Waals surface area (Å²) >= 11 is 0. The second-order valence-corrected chi connectivity index (χ2v) is 3.46. The van der Waals surface area contributed by atoms with Gasteiger partial charge in [0.25, 0.3) is 0 Å². The Bertz CT molecular complexity index is 198. The molecule has 0 aromatic heterocycles. The molecule has 1 heterocycles. The summed E-state index contributed by atoms with van der Waals surface area (Å²) in [6, 6.07) is 0. The zero-order valence-electron chi connectivity index (χ0n) is 8.25. The molecule has 1 saturated heterocycles. The summed E-state index contributed by atoms with van der Waals surface area (Å²) in [7, 11) is 1.78. The van der Waals surface area contributed by atoms with E-state index in [1.807, 2.05) is 6.92 Å². The fourth-order valence-corrected chi connectivity index (χ4v) is 1.39. The van der Waals surface area contributed by atoms with Crippen LogP contribution in [0.25, 0.3) is 0 Å². The molecule has 13 heavy (non-hydrogen) atoms. The van der Waals surface area contributed by atoms with Crippen LogP contribution < -0.4 is 0 Å². The van der Waals surface area contributed by atoms with Gasteiger partial charge in [-0.3, -0.25) is 19.4 Å². The number of piperazine rings is 1. The summed E-state index contributed by atoms with van der Waals surface area (Å²) < 4.78 is 0. The topological polar surface area (TPSA) is 40.6 Å². The minimum absolute atomic E-state index is 0.0628. The Kier molecular flexibility index (Phi) is 3.42. The number of amides is 2. The first-order chi connectivity index (χ1) is 6.15. The van der Waals surface area contributed by atoms with E-state index < -0.39 is 0 Å². The third-order valence-electron chi connectivity index (χ3n) is 2.15. The van der Waals surface area contributed by atoms with Crippen LogP contribution in [0.3, 0.4) is 0 Å². The fraction of sp³-hybridized carbons (Fsp3) is 0.778. The SMILES string of the molecule is CCCCN1C(=O)CN(C)CC1=O. The molecule has 1 aliphatic heterocycles. The molecule has 0 spiro atoms. The zero-order chi connectivity index (χ0) is 9.84. The van der Waals surface area contributed by atoms with Crippen LogP contribution in [0.5, 0.6) is 0 Å². The van der Waals surface area contributed by atoms with Gasteiger partial charge in [-0.2, -0.15) is 0 Å². The number of likely N-dealkylation sites (N-methyl/N-ethyl adjacent to an activating group) is 1. The molecule has 1 fully saturated rings. The van der Waals surface area contributed by atoms with E-state index in [0.717, 1.165) is 12.8 Å². The minimum Gasteiger partial charge on any atom is -0.289 e. The highest BCUT2D eigenvalue weighted by molar-refractivity contribution is 5.99. The summed E-state index contributed by atoms with van der Waals surface area (Å²) in [5, 5.41) is 0. The molecule has 0 aromatic rings. The van der Waals surface area contributed by atoms with Crippen molar-refractivity contribution in [2.24, 2.45) is 0 Å². The smallest absolute Gasteiger partial charge is 0.243 e. The maximum Gasteiger partial charge on any atom is 0.243 e. The second-order valence-electron chi connectivity index (χ2n) is 3.46. The molecule has 0 radical (unpaired) electrons. The van der Waals surface area contributed by atoms with Crippen molar-refractivity contribution in [3.05, 3.63) is 0 Å². The summed E-state index contributed by atoms with van der Waals surface area (Å²) in [5.74, 6) is -0.126. The van der Waals surface area contributed by atoms with Crippen LogP contribution in [0.2, 0.25) is 0 Å². The molecule has 0 aliphatic carbocycles. The van der Waals surface area contributed by atoms with Gasteiger partial charge in [0.1, 0.15) is 0 Å². The normalized spacial score (nSPS) is 19.7. The van der Waals surface area contributed by atoms with Gasteiger partial charge in [0, 0.05) is 6.54 Å². The molecular formula is C9H16N2O2. The third kappa shape index (κ3) is 2.52. The number of carbonyl (C=O) groups excluding carboxylic acids is 2. The van der Waals surface area contributed by atoms with Crippen LogP contribution in [-0.2, 0) is 9.59 Å². The van der Waals surface area contributed by atoms with E-state index in [-0.39, 0.29) is 11.8 Å². The number of nitrogens with zero attached hydrogens (tertiary/aromatic N) is 2. The van der Waals surface area contributed by atoms with Crippen LogP contribution in [0.1, 0.15) is 19.8 Å². The van der Waals surface area contributed by atoms with Crippen molar-refractivity contribution < 1.29 is 9.59 Å². The van der Waals surface area contributed by atoms with Crippen molar-refractivity contribution in [1.29, 1.82) is 0 Å². The molecule has 0 N–H and O–H groups in total. The molecule has 74 valence electrons. The zero-order valence-corrected chi connectivity index (χ0v) is 8.25. The molecule has 2 amide bonds. The molecule has 1 aliphatic rings. The third-order valence-corrected chi connectivity index (χ3v) is 2.15. The largest absolute Gasteiger partial charge is 0.289 e. The molecular weight excluding hydrogens is 168 g/mol.